The standard InChI is InChI=1S/C17H22O6/c1-9(11(3)18)10(2)13-7-17(15(20)22-5,16(21)23-6)8-14(13)12(4)19/h7-8H2,1-6H3/b10-9-. The molecule has 1 aliphatic carbocycles. The van der Waals surface area contributed by atoms with Crippen LogP contribution in [0, 0.1) is 5.41 Å². The van der Waals surface area contributed by atoms with Gasteiger partial charge in [-0.1, -0.05) is 0 Å². The minimum absolute atomic E-state index is 0.0162. The first-order valence-corrected chi connectivity index (χ1v) is 7.21. The highest BCUT2D eigenvalue weighted by Crippen LogP contribution is 2.47. The zero-order valence-electron chi connectivity index (χ0n) is 14.4. The van der Waals surface area contributed by atoms with Gasteiger partial charge in [-0.25, -0.2) is 0 Å². The highest BCUT2D eigenvalue weighted by Gasteiger charge is 2.54. The van der Waals surface area contributed by atoms with E-state index in [9.17, 15) is 19.2 Å². The monoisotopic (exact) mass is 322 g/mol. The summed E-state index contributed by atoms with van der Waals surface area (Å²) in [6.07, 6.45) is -0.0999. The molecule has 0 saturated carbocycles. The van der Waals surface area contributed by atoms with E-state index in [1.807, 2.05) is 0 Å². The van der Waals surface area contributed by atoms with Crippen molar-refractivity contribution in [2.45, 2.75) is 40.5 Å². The second kappa shape index (κ2) is 6.89. The van der Waals surface area contributed by atoms with Crippen molar-refractivity contribution in [2.24, 2.45) is 5.41 Å². The SMILES string of the molecule is COC(=O)C1(C(=O)OC)CC(C(C)=O)=C(/C(C)=C(/C)C(C)=O)C1. The van der Waals surface area contributed by atoms with E-state index >= 15 is 0 Å². The van der Waals surface area contributed by atoms with Crippen LogP contribution in [-0.4, -0.2) is 37.7 Å². The van der Waals surface area contributed by atoms with Gasteiger partial charge in [-0.05, 0) is 44.4 Å². The minimum atomic E-state index is -1.57. The molecule has 1 rings (SSSR count). The van der Waals surface area contributed by atoms with E-state index in [1.54, 1.807) is 13.8 Å². The lowest BCUT2D eigenvalue weighted by Gasteiger charge is -2.23. The number of Topliss-reactive ketones (excluding diaryl/α,β-unsaturated/α-hetero) is 2. The Hall–Kier alpha value is -2.24. The molecule has 126 valence electrons. The third-order valence-electron chi connectivity index (χ3n) is 4.44. The van der Waals surface area contributed by atoms with Gasteiger partial charge in [-0.3, -0.25) is 19.2 Å². The lowest BCUT2D eigenvalue weighted by atomic mass is 9.82. The van der Waals surface area contributed by atoms with E-state index in [1.165, 1.54) is 28.1 Å². The molecule has 0 heterocycles. The largest absolute Gasteiger partial charge is 0.468 e. The van der Waals surface area contributed by atoms with Crippen molar-refractivity contribution in [3.05, 3.63) is 22.3 Å². The van der Waals surface area contributed by atoms with Crippen LogP contribution in [-0.2, 0) is 28.7 Å². The number of rotatable bonds is 5. The number of carbonyl (C=O) groups excluding carboxylic acids is 4. The number of esters is 2. The van der Waals surface area contributed by atoms with Crippen LogP contribution in [0.15, 0.2) is 22.3 Å². The highest BCUT2D eigenvalue weighted by atomic mass is 16.5. The molecular weight excluding hydrogens is 300 g/mol. The van der Waals surface area contributed by atoms with Gasteiger partial charge in [-0.15, -0.1) is 0 Å². The van der Waals surface area contributed by atoms with Gasteiger partial charge in [-0.2, -0.15) is 0 Å². The first-order valence-electron chi connectivity index (χ1n) is 7.21. The molecule has 0 N–H and O–H groups in total. The second-order valence-corrected chi connectivity index (χ2v) is 5.74. The number of ketones is 2. The molecule has 0 fully saturated rings. The van der Waals surface area contributed by atoms with Crippen LogP contribution in [0.3, 0.4) is 0 Å². The second-order valence-electron chi connectivity index (χ2n) is 5.74. The van der Waals surface area contributed by atoms with E-state index < -0.39 is 17.4 Å². The first-order chi connectivity index (χ1) is 10.6. The van der Waals surface area contributed by atoms with Crippen LogP contribution in [0.4, 0.5) is 0 Å². The highest BCUT2D eigenvalue weighted by molar-refractivity contribution is 6.06. The van der Waals surface area contributed by atoms with E-state index in [-0.39, 0.29) is 24.4 Å². The van der Waals surface area contributed by atoms with Crippen molar-refractivity contribution >= 4 is 23.5 Å². The molecule has 1 aliphatic rings. The molecule has 23 heavy (non-hydrogen) atoms. The third kappa shape index (κ3) is 3.25. The lowest BCUT2D eigenvalue weighted by molar-refractivity contribution is -0.168. The van der Waals surface area contributed by atoms with Crippen molar-refractivity contribution in [1.82, 2.24) is 0 Å². The molecular formula is C17H22O6. The summed E-state index contributed by atoms with van der Waals surface area (Å²) < 4.78 is 9.53. The number of hydrogen-bond acceptors (Lipinski definition) is 6. The van der Waals surface area contributed by atoms with Crippen LogP contribution in [0.2, 0.25) is 0 Å². The van der Waals surface area contributed by atoms with Gasteiger partial charge in [0.25, 0.3) is 0 Å². The van der Waals surface area contributed by atoms with E-state index in [2.05, 4.69) is 0 Å². The zero-order chi connectivity index (χ0) is 17.9. The maximum atomic E-state index is 12.2. The van der Waals surface area contributed by atoms with E-state index in [4.69, 9.17) is 9.47 Å². The molecule has 0 saturated heterocycles. The zero-order valence-corrected chi connectivity index (χ0v) is 14.4. The summed E-state index contributed by atoms with van der Waals surface area (Å²) in [6.45, 7) is 6.16. The number of carbonyl (C=O) groups is 4. The van der Waals surface area contributed by atoms with Crippen molar-refractivity contribution in [3.63, 3.8) is 0 Å². The van der Waals surface area contributed by atoms with Crippen molar-refractivity contribution in [2.75, 3.05) is 14.2 Å². The summed E-state index contributed by atoms with van der Waals surface area (Å²) in [6, 6.07) is 0. The first kappa shape index (κ1) is 18.8. The summed E-state index contributed by atoms with van der Waals surface area (Å²) in [7, 11) is 2.37. The molecule has 0 aromatic heterocycles. The smallest absolute Gasteiger partial charge is 0.323 e. The van der Waals surface area contributed by atoms with Crippen LogP contribution < -0.4 is 0 Å². The summed E-state index contributed by atoms with van der Waals surface area (Å²) in [4.78, 5) is 48.1. The number of allylic oxidation sites excluding steroid dienone is 4. The Morgan fingerprint density at radius 1 is 0.826 bits per heavy atom. The maximum Gasteiger partial charge on any atom is 0.323 e. The molecule has 0 amide bonds. The summed E-state index contributed by atoms with van der Waals surface area (Å²) in [5.41, 5.74) is 0.430. The summed E-state index contributed by atoms with van der Waals surface area (Å²) in [5.74, 6) is -1.87. The minimum Gasteiger partial charge on any atom is -0.468 e. The van der Waals surface area contributed by atoms with Crippen LogP contribution in [0.1, 0.15) is 40.5 Å². The average Bonchev–Trinajstić information content (AvgIpc) is 2.93. The van der Waals surface area contributed by atoms with Gasteiger partial charge in [0.05, 0.1) is 14.2 Å². The fourth-order valence-corrected chi connectivity index (χ4v) is 2.83. The Balaban J connectivity index is 3.51. The number of hydrogen-bond donors (Lipinski definition) is 0. The molecule has 0 atom stereocenters. The topological polar surface area (TPSA) is 86.7 Å². The normalized spacial score (nSPS) is 17.5. The Labute approximate surface area is 135 Å². The number of methoxy groups -OCH3 is 2. The van der Waals surface area contributed by atoms with E-state index in [0.29, 0.717) is 22.3 Å². The van der Waals surface area contributed by atoms with Crippen LogP contribution in [0.5, 0.6) is 0 Å². The van der Waals surface area contributed by atoms with Gasteiger partial charge in [0.2, 0.25) is 0 Å². The maximum absolute atomic E-state index is 12.2. The fourth-order valence-electron chi connectivity index (χ4n) is 2.83. The predicted octanol–water partition coefficient (Wildman–Crippen LogP) is 1.92. The lowest BCUT2D eigenvalue weighted by Crippen LogP contribution is -2.39. The van der Waals surface area contributed by atoms with Crippen molar-refractivity contribution < 1.29 is 28.7 Å². The Morgan fingerprint density at radius 2 is 1.26 bits per heavy atom. The Bertz CT molecular complexity index is 619. The Morgan fingerprint density at radius 3 is 1.61 bits per heavy atom. The van der Waals surface area contributed by atoms with Gasteiger partial charge >= 0.3 is 11.9 Å². The molecule has 6 heteroatoms. The van der Waals surface area contributed by atoms with Crippen molar-refractivity contribution in [3.8, 4) is 0 Å². The van der Waals surface area contributed by atoms with Gasteiger partial charge in [0.15, 0.2) is 17.0 Å². The molecule has 0 bridgehead atoms. The summed E-state index contributed by atoms with van der Waals surface area (Å²) in [5, 5.41) is 0. The molecule has 0 spiro atoms. The molecule has 0 aromatic carbocycles. The van der Waals surface area contributed by atoms with Gasteiger partial charge in [0.1, 0.15) is 0 Å². The average molecular weight is 322 g/mol. The van der Waals surface area contributed by atoms with Gasteiger partial charge in [0, 0.05) is 18.4 Å². The molecule has 0 radical (unpaired) electrons. The molecule has 0 unspecified atom stereocenters. The van der Waals surface area contributed by atoms with E-state index in [0.717, 1.165) is 0 Å². The van der Waals surface area contributed by atoms with Crippen molar-refractivity contribution in [1.29, 1.82) is 0 Å². The Kier molecular flexibility index (Phi) is 5.64. The number of ether oxygens (including phenoxy) is 2. The molecule has 0 aromatic rings. The molecule has 0 aliphatic heterocycles. The van der Waals surface area contributed by atoms with Crippen LogP contribution in [0.25, 0.3) is 0 Å². The molecule has 6 nitrogen and oxygen atoms in total. The quantitative estimate of drug-likeness (QED) is 0.437. The predicted molar refractivity (Wildman–Crippen MR) is 82.5 cm³/mol. The van der Waals surface area contributed by atoms with Crippen LogP contribution >= 0.6 is 0 Å². The third-order valence-corrected chi connectivity index (χ3v) is 4.44. The van der Waals surface area contributed by atoms with Gasteiger partial charge < -0.3 is 9.47 Å². The fraction of sp³-hybridized carbons (Fsp3) is 0.529. The summed E-state index contributed by atoms with van der Waals surface area (Å²) >= 11 is 0.